The van der Waals surface area contributed by atoms with E-state index in [2.05, 4.69) is 60.8 Å². The van der Waals surface area contributed by atoms with Gasteiger partial charge in [0.25, 0.3) is 0 Å². The lowest BCUT2D eigenvalue weighted by molar-refractivity contribution is -0.0931. The predicted molar refractivity (Wildman–Crippen MR) is 126 cm³/mol. The fourth-order valence-corrected chi connectivity index (χ4v) is 8.17. The SMILES string of the molecule is C[C@]12CCCC[C@@H]1CC[C@H]1[C@H]2CC[C@]2(C)C(=N/NC(N)=O)/C(=C/c3ccccc3)C[C@@H]12. The van der Waals surface area contributed by atoms with Crippen LogP contribution >= 0.6 is 0 Å². The van der Waals surface area contributed by atoms with Crippen LogP contribution in [0.5, 0.6) is 0 Å². The summed E-state index contributed by atoms with van der Waals surface area (Å²) in [5.74, 6) is 3.14. The van der Waals surface area contributed by atoms with E-state index in [1.165, 1.54) is 56.1 Å². The van der Waals surface area contributed by atoms with Crippen molar-refractivity contribution in [2.75, 3.05) is 0 Å². The van der Waals surface area contributed by atoms with Gasteiger partial charge in [-0.2, -0.15) is 5.10 Å². The number of amides is 2. The minimum Gasteiger partial charge on any atom is -0.350 e. The minimum atomic E-state index is -0.581. The quantitative estimate of drug-likeness (QED) is 0.556. The van der Waals surface area contributed by atoms with Crippen LogP contribution in [0.2, 0.25) is 0 Å². The minimum absolute atomic E-state index is 0.0160. The fourth-order valence-electron chi connectivity index (χ4n) is 8.17. The number of nitrogens with zero attached hydrogens (tertiary/aromatic N) is 1. The molecule has 1 aromatic carbocycles. The second-order valence-corrected chi connectivity index (χ2v) is 11.1. The fraction of sp³-hybridized carbons (Fsp3) is 0.630. The Labute approximate surface area is 186 Å². The lowest BCUT2D eigenvalue weighted by Gasteiger charge is -2.59. The Balaban J connectivity index is 1.52. The molecule has 0 bridgehead atoms. The van der Waals surface area contributed by atoms with Gasteiger partial charge in [-0.25, -0.2) is 10.2 Å². The van der Waals surface area contributed by atoms with Crippen LogP contribution in [0.1, 0.15) is 77.2 Å². The molecule has 4 nitrogen and oxygen atoms in total. The van der Waals surface area contributed by atoms with Gasteiger partial charge in [-0.3, -0.25) is 0 Å². The van der Waals surface area contributed by atoms with Gasteiger partial charge in [0.2, 0.25) is 0 Å². The smallest absolute Gasteiger partial charge is 0.332 e. The highest BCUT2D eigenvalue weighted by atomic mass is 16.2. The Morgan fingerprint density at radius 3 is 2.65 bits per heavy atom. The van der Waals surface area contributed by atoms with Crippen molar-refractivity contribution in [3.63, 3.8) is 0 Å². The highest BCUT2D eigenvalue weighted by Gasteiger charge is 2.60. The van der Waals surface area contributed by atoms with Gasteiger partial charge in [-0.05, 0) is 91.2 Å². The van der Waals surface area contributed by atoms with Crippen LogP contribution in [0, 0.1) is 34.5 Å². The molecule has 2 amide bonds. The number of hydrazone groups is 1. The highest BCUT2D eigenvalue weighted by molar-refractivity contribution is 6.10. The Hall–Kier alpha value is -2.10. The molecule has 4 saturated carbocycles. The van der Waals surface area contributed by atoms with E-state index in [9.17, 15) is 4.79 Å². The maximum absolute atomic E-state index is 11.5. The first-order chi connectivity index (χ1) is 14.9. The first kappa shape index (κ1) is 20.8. The molecule has 4 fully saturated rings. The number of rotatable bonds is 2. The van der Waals surface area contributed by atoms with E-state index in [0.29, 0.717) is 11.3 Å². The standard InChI is InChI=1S/C27H37N3O/c1-26-14-7-6-10-20(26)11-12-21-22(26)13-15-27(2)23(21)17-19(24(27)29-30-25(28)31)16-18-8-4-3-5-9-18/h3-5,8-9,16,20-23H,6-7,10-15,17H2,1-2H3,(H3,28,30,31)/b19-16+,29-24+/t20-,21+,22-,23+,26+,27+/m1/s1. The van der Waals surface area contributed by atoms with Crippen LogP contribution in [0.25, 0.3) is 6.08 Å². The monoisotopic (exact) mass is 419 g/mol. The van der Waals surface area contributed by atoms with Gasteiger partial charge >= 0.3 is 6.03 Å². The van der Waals surface area contributed by atoms with Crippen LogP contribution in [-0.4, -0.2) is 11.7 Å². The average molecular weight is 420 g/mol. The van der Waals surface area contributed by atoms with Gasteiger partial charge in [0.1, 0.15) is 0 Å². The van der Waals surface area contributed by atoms with E-state index in [0.717, 1.165) is 36.3 Å². The molecule has 166 valence electrons. The number of primary amides is 1. The number of hydrogen-bond donors (Lipinski definition) is 2. The summed E-state index contributed by atoms with van der Waals surface area (Å²) in [5.41, 5.74) is 12.1. The van der Waals surface area contributed by atoms with Crippen LogP contribution < -0.4 is 11.2 Å². The Kier molecular flexibility index (Phi) is 5.22. The number of fused-ring (bicyclic) bond motifs is 5. The van der Waals surface area contributed by atoms with E-state index < -0.39 is 6.03 Å². The Bertz CT molecular complexity index is 906. The summed E-state index contributed by atoms with van der Waals surface area (Å²) in [6.07, 6.45) is 14.3. The van der Waals surface area contributed by atoms with Gasteiger partial charge in [0.15, 0.2) is 0 Å². The van der Waals surface area contributed by atoms with Crippen LogP contribution in [-0.2, 0) is 0 Å². The molecule has 1 aromatic rings. The first-order valence-corrected chi connectivity index (χ1v) is 12.3. The molecule has 0 aromatic heterocycles. The van der Waals surface area contributed by atoms with E-state index >= 15 is 0 Å². The van der Waals surface area contributed by atoms with Crippen LogP contribution in [0.3, 0.4) is 0 Å². The molecule has 0 unspecified atom stereocenters. The topological polar surface area (TPSA) is 67.5 Å². The molecular formula is C27H37N3O. The van der Waals surface area contributed by atoms with Crippen molar-refractivity contribution in [3.05, 3.63) is 41.5 Å². The predicted octanol–water partition coefficient (Wildman–Crippen LogP) is 6.14. The van der Waals surface area contributed by atoms with Crippen molar-refractivity contribution in [2.45, 2.75) is 71.6 Å². The molecule has 3 N–H and O–H groups in total. The second-order valence-electron chi connectivity index (χ2n) is 11.1. The van der Waals surface area contributed by atoms with E-state index in [-0.39, 0.29) is 5.41 Å². The molecule has 0 aliphatic heterocycles. The van der Waals surface area contributed by atoms with Crippen LogP contribution in [0.15, 0.2) is 41.0 Å². The third-order valence-corrected chi connectivity index (χ3v) is 9.68. The summed E-state index contributed by atoms with van der Waals surface area (Å²) < 4.78 is 0. The molecule has 6 atom stereocenters. The number of hydrogen-bond acceptors (Lipinski definition) is 2. The molecule has 31 heavy (non-hydrogen) atoms. The average Bonchev–Trinajstić information content (AvgIpc) is 3.03. The molecule has 4 aliphatic carbocycles. The van der Waals surface area contributed by atoms with Crippen molar-refractivity contribution in [2.24, 2.45) is 45.3 Å². The summed E-state index contributed by atoms with van der Waals surface area (Å²) in [7, 11) is 0. The summed E-state index contributed by atoms with van der Waals surface area (Å²) in [5, 5.41) is 4.62. The zero-order chi connectivity index (χ0) is 21.6. The third kappa shape index (κ3) is 3.43. The summed E-state index contributed by atoms with van der Waals surface area (Å²) in [6, 6.07) is 9.92. The number of nitrogens with one attached hydrogen (secondary N) is 1. The van der Waals surface area contributed by atoms with Crippen LogP contribution in [0.4, 0.5) is 4.79 Å². The molecule has 0 spiro atoms. The maximum Gasteiger partial charge on any atom is 0.332 e. The molecule has 0 radical (unpaired) electrons. The van der Waals surface area contributed by atoms with Gasteiger partial charge in [-0.15, -0.1) is 0 Å². The van der Waals surface area contributed by atoms with Crippen molar-refractivity contribution in [1.82, 2.24) is 5.43 Å². The van der Waals surface area contributed by atoms with Crippen molar-refractivity contribution >= 4 is 17.8 Å². The Morgan fingerprint density at radius 2 is 1.87 bits per heavy atom. The van der Waals surface area contributed by atoms with E-state index in [1.807, 2.05) is 0 Å². The van der Waals surface area contributed by atoms with Gasteiger partial charge in [0.05, 0.1) is 5.71 Å². The summed E-state index contributed by atoms with van der Waals surface area (Å²) in [4.78, 5) is 11.5. The summed E-state index contributed by atoms with van der Waals surface area (Å²) in [6.45, 7) is 5.02. The third-order valence-electron chi connectivity index (χ3n) is 9.68. The number of urea groups is 1. The highest BCUT2D eigenvalue weighted by Crippen LogP contribution is 2.66. The lowest BCUT2D eigenvalue weighted by atomic mass is 9.45. The normalized spacial score (nSPS) is 42.0. The van der Waals surface area contributed by atoms with E-state index in [1.54, 1.807) is 0 Å². The number of carbonyl (C=O) groups is 1. The van der Waals surface area contributed by atoms with Gasteiger partial charge in [-0.1, -0.05) is 57.0 Å². The lowest BCUT2D eigenvalue weighted by Crippen LogP contribution is -2.52. The largest absolute Gasteiger partial charge is 0.350 e. The zero-order valence-corrected chi connectivity index (χ0v) is 19.1. The van der Waals surface area contributed by atoms with Crippen molar-refractivity contribution in [3.8, 4) is 0 Å². The molecule has 4 heteroatoms. The number of carbonyl (C=O) groups excluding carboxylic acids is 1. The van der Waals surface area contributed by atoms with Crippen molar-refractivity contribution in [1.29, 1.82) is 0 Å². The number of allylic oxidation sites excluding steroid dienone is 1. The van der Waals surface area contributed by atoms with Gasteiger partial charge in [0, 0.05) is 5.41 Å². The molecule has 5 rings (SSSR count). The Morgan fingerprint density at radius 1 is 1.06 bits per heavy atom. The number of nitrogens with two attached hydrogens (primary N) is 1. The molecular weight excluding hydrogens is 382 g/mol. The number of benzene rings is 1. The summed E-state index contributed by atoms with van der Waals surface area (Å²) >= 11 is 0. The zero-order valence-electron chi connectivity index (χ0n) is 19.1. The van der Waals surface area contributed by atoms with E-state index in [4.69, 9.17) is 5.73 Å². The van der Waals surface area contributed by atoms with Gasteiger partial charge < -0.3 is 5.73 Å². The van der Waals surface area contributed by atoms with Crippen molar-refractivity contribution < 1.29 is 4.79 Å². The molecule has 0 heterocycles. The molecule has 0 saturated heterocycles. The molecule has 4 aliphatic rings. The maximum atomic E-state index is 11.5. The second kappa shape index (κ2) is 7.79. The first-order valence-electron chi connectivity index (χ1n) is 12.3.